The fourth-order valence-electron chi connectivity index (χ4n) is 2.69. The molecule has 2 nitrogen and oxygen atoms in total. The first-order chi connectivity index (χ1) is 10.2. The van der Waals surface area contributed by atoms with Gasteiger partial charge < -0.3 is 4.74 Å². The lowest BCUT2D eigenvalue weighted by Crippen LogP contribution is -2.15. The number of aryl methyl sites for hydroxylation is 1. The number of carbonyl (C=O) groups excluding carboxylic acids is 1. The fraction of sp³-hybridized carbons (Fsp3) is 0.316. The van der Waals surface area contributed by atoms with Crippen molar-refractivity contribution in [3.63, 3.8) is 0 Å². The molecule has 21 heavy (non-hydrogen) atoms. The standard InChI is InChI=1S/C19H22O2/c1-4-17(15-8-6-5-7-9-15)18(20)13-16-12-14(2)10-11-19(16)21-3/h5-12,17H,4,13H2,1-3H3. The Morgan fingerprint density at radius 1 is 1.14 bits per heavy atom. The first kappa shape index (κ1) is 15.3. The number of ether oxygens (including phenoxy) is 1. The van der Waals surface area contributed by atoms with Crippen LogP contribution in [0.3, 0.4) is 0 Å². The van der Waals surface area contributed by atoms with E-state index in [9.17, 15) is 4.79 Å². The second-order valence-corrected chi connectivity index (χ2v) is 5.33. The van der Waals surface area contributed by atoms with E-state index >= 15 is 0 Å². The van der Waals surface area contributed by atoms with Gasteiger partial charge >= 0.3 is 0 Å². The molecule has 1 unspecified atom stereocenters. The minimum absolute atomic E-state index is 0.0450. The van der Waals surface area contributed by atoms with E-state index in [1.54, 1.807) is 7.11 Å². The Balaban J connectivity index is 2.22. The minimum atomic E-state index is -0.0450. The molecule has 2 aromatic carbocycles. The molecule has 0 fully saturated rings. The van der Waals surface area contributed by atoms with Crippen LogP contribution in [0.5, 0.6) is 5.75 Å². The van der Waals surface area contributed by atoms with E-state index < -0.39 is 0 Å². The largest absolute Gasteiger partial charge is 0.496 e. The van der Waals surface area contributed by atoms with E-state index in [4.69, 9.17) is 4.74 Å². The van der Waals surface area contributed by atoms with Crippen molar-refractivity contribution in [3.05, 3.63) is 65.2 Å². The van der Waals surface area contributed by atoms with E-state index in [2.05, 4.69) is 6.92 Å². The zero-order valence-electron chi connectivity index (χ0n) is 12.9. The summed E-state index contributed by atoms with van der Waals surface area (Å²) < 4.78 is 5.37. The lowest BCUT2D eigenvalue weighted by Gasteiger charge is -2.16. The van der Waals surface area contributed by atoms with Crippen LogP contribution in [0.2, 0.25) is 0 Å². The normalized spacial score (nSPS) is 12.0. The summed E-state index contributed by atoms with van der Waals surface area (Å²) in [5.74, 6) is 0.987. The maximum atomic E-state index is 12.7. The number of benzene rings is 2. The first-order valence-electron chi connectivity index (χ1n) is 7.37. The van der Waals surface area contributed by atoms with Gasteiger partial charge in [0.25, 0.3) is 0 Å². The number of rotatable bonds is 6. The van der Waals surface area contributed by atoms with Crippen LogP contribution >= 0.6 is 0 Å². The van der Waals surface area contributed by atoms with Gasteiger partial charge in [0.15, 0.2) is 0 Å². The van der Waals surface area contributed by atoms with Crippen molar-refractivity contribution in [2.45, 2.75) is 32.6 Å². The Morgan fingerprint density at radius 3 is 2.48 bits per heavy atom. The molecule has 0 aliphatic carbocycles. The molecule has 0 aliphatic heterocycles. The van der Waals surface area contributed by atoms with Crippen LogP contribution in [0.1, 0.15) is 36.0 Å². The van der Waals surface area contributed by atoms with Gasteiger partial charge in [-0.25, -0.2) is 0 Å². The summed E-state index contributed by atoms with van der Waals surface area (Å²) in [5, 5.41) is 0. The summed E-state index contributed by atoms with van der Waals surface area (Å²) >= 11 is 0. The molecule has 2 rings (SSSR count). The van der Waals surface area contributed by atoms with Gasteiger partial charge in [-0.2, -0.15) is 0 Å². The molecule has 0 aliphatic rings. The highest BCUT2D eigenvalue weighted by molar-refractivity contribution is 5.88. The lowest BCUT2D eigenvalue weighted by molar-refractivity contribution is -0.119. The Hall–Kier alpha value is -2.09. The molecule has 0 bridgehead atoms. The maximum absolute atomic E-state index is 12.7. The molecule has 0 saturated carbocycles. The molecule has 0 spiro atoms. The van der Waals surface area contributed by atoms with Gasteiger partial charge in [0.05, 0.1) is 7.11 Å². The van der Waals surface area contributed by atoms with Crippen LogP contribution in [0.15, 0.2) is 48.5 Å². The Kier molecular flexibility index (Phi) is 5.15. The van der Waals surface area contributed by atoms with Gasteiger partial charge in [-0.1, -0.05) is 55.0 Å². The lowest BCUT2D eigenvalue weighted by atomic mass is 9.88. The number of carbonyl (C=O) groups is 1. The second kappa shape index (κ2) is 7.07. The Bertz CT molecular complexity index is 602. The third-order valence-corrected chi connectivity index (χ3v) is 3.80. The van der Waals surface area contributed by atoms with Crippen molar-refractivity contribution in [1.29, 1.82) is 0 Å². The van der Waals surface area contributed by atoms with Gasteiger partial charge in [-0.15, -0.1) is 0 Å². The van der Waals surface area contributed by atoms with Gasteiger partial charge in [0.1, 0.15) is 11.5 Å². The smallest absolute Gasteiger partial charge is 0.144 e. The molecule has 0 amide bonds. The van der Waals surface area contributed by atoms with Crippen LogP contribution in [0, 0.1) is 6.92 Å². The molecule has 0 heterocycles. The zero-order valence-corrected chi connectivity index (χ0v) is 12.9. The predicted molar refractivity (Wildman–Crippen MR) is 85.9 cm³/mol. The van der Waals surface area contributed by atoms with Crippen molar-refractivity contribution < 1.29 is 9.53 Å². The number of ketones is 1. The average molecular weight is 282 g/mol. The second-order valence-electron chi connectivity index (χ2n) is 5.33. The minimum Gasteiger partial charge on any atom is -0.496 e. The summed E-state index contributed by atoms with van der Waals surface area (Å²) in [6.07, 6.45) is 1.23. The number of hydrogen-bond donors (Lipinski definition) is 0. The number of Topliss-reactive ketones (excluding diaryl/α,β-unsaturated/α-hetero) is 1. The van der Waals surface area contributed by atoms with Crippen LogP contribution in [0.4, 0.5) is 0 Å². The SMILES string of the molecule is CCC(C(=O)Cc1cc(C)ccc1OC)c1ccccc1. The third kappa shape index (κ3) is 3.72. The summed E-state index contributed by atoms with van der Waals surface area (Å²) in [4.78, 5) is 12.7. The molecule has 0 saturated heterocycles. The first-order valence-corrected chi connectivity index (χ1v) is 7.37. The van der Waals surface area contributed by atoms with E-state index in [0.717, 1.165) is 28.9 Å². The highest BCUT2D eigenvalue weighted by Crippen LogP contribution is 2.26. The Morgan fingerprint density at radius 2 is 1.86 bits per heavy atom. The van der Waals surface area contributed by atoms with E-state index in [1.165, 1.54) is 0 Å². The van der Waals surface area contributed by atoms with Gasteiger partial charge in [0, 0.05) is 17.9 Å². The fourth-order valence-corrected chi connectivity index (χ4v) is 2.69. The quantitative estimate of drug-likeness (QED) is 0.789. The molecule has 0 aromatic heterocycles. The van der Waals surface area contributed by atoms with Gasteiger partial charge in [-0.3, -0.25) is 4.79 Å². The summed E-state index contributed by atoms with van der Waals surface area (Å²) in [7, 11) is 1.65. The summed E-state index contributed by atoms with van der Waals surface area (Å²) in [5.41, 5.74) is 3.21. The van der Waals surface area contributed by atoms with Crippen LogP contribution < -0.4 is 4.74 Å². The highest BCUT2D eigenvalue weighted by atomic mass is 16.5. The molecule has 110 valence electrons. The monoisotopic (exact) mass is 282 g/mol. The topological polar surface area (TPSA) is 26.3 Å². The number of hydrogen-bond acceptors (Lipinski definition) is 2. The molecule has 0 N–H and O–H groups in total. The van der Waals surface area contributed by atoms with Crippen molar-refractivity contribution in [1.82, 2.24) is 0 Å². The number of methoxy groups -OCH3 is 1. The maximum Gasteiger partial charge on any atom is 0.144 e. The zero-order chi connectivity index (χ0) is 15.2. The molecular weight excluding hydrogens is 260 g/mol. The molecule has 0 radical (unpaired) electrons. The molecular formula is C19H22O2. The van der Waals surface area contributed by atoms with Crippen LogP contribution in [-0.2, 0) is 11.2 Å². The molecule has 2 heteroatoms. The van der Waals surface area contributed by atoms with Crippen LogP contribution in [0.25, 0.3) is 0 Å². The van der Waals surface area contributed by atoms with Gasteiger partial charge in [-0.05, 0) is 25.0 Å². The Labute approximate surface area is 126 Å². The van der Waals surface area contributed by atoms with E-state index in [1.807, 2.05) is 55.5 Å². The highest BCUT2D eigenvalue weighted by Gasteiger charge is 2.20. The van der Waals surface area contributed by atoms with Crippen molar-refractivity contribution in [2.75, 3.05) is 7.11 Å². The third-order valence-electron chi connectivity index (χ3n) is 3.80. The molecule has 1 atom stereocenters. The van der Waals surface area contributed by atoms with Gasteiger partial charge in [0.2, 0.25) is 0 Å². The van der Waals surface area contributed by atoms with E-state index in [0.29, 0.717) is 6.42 Å². The van der Waals surface area contributed by atoms with E-state index in [-0.39, 0.29) is 11.7 Å². The predicted octanol–water partition coefficient (Wildman–Crippen LogP) is 4.31. The average Bonchev–Trinajstić information content (AvgIpc) is 2.49. The van der Waals surface area contributed by atoms with Crippen molar-refractivity contribution >= 4 is 5.78 Å². The van der Waals surface area contributed by atoms with Crippen LogP contribution in [-0.4, -0.2) is 12.9 Å². The van der Waals surface area contributed by atoms with Crippen molar-refractivity contribution in [3.8, 4) is 5.75 Å². The van der Waals surface area contributed by atoms with Crippen molar-refractivity contribution in [2.24, 2.45) is 0 Å². The summed E-state index contributed by atoms with van der Waals surface area (Å²) in [6, 6.07) is 16.0. The molecule has 2 aromatic rings. The summed E-state index contributed by atoms with van der Waals surface area (Å²) in [6.45, 7) is 4.09.